The Morgan fingerprint density at radius 1 is 1.28 bits per heavy atom. The van der Waals surface area contributed by atoms with Gasteiger partial charge in [0.05, 0.1) is 15.9 Å². The Labute approximate surface area is 157 Å². The van der Waals surface area contributed by atoms with Crippen LogP contribution in [0.5, 0.6) is 0 Å². The second kappa shape index (κ2) is 6.27. The molecule has 1 unspecified atom stereocenters. The van der Waals surface area contributed by atoms with Crippen LogP contribution in [0.4, 0.5) is 4.39 Å². The minimum absolute atomic E-state index is 0.0101. The lowest BCUT2D eigenvalue weighted by Gasteiger charge is -2.44. The highest BCUT2D eigenvalue weighted by Crippen LogP contribution is 2.36. The monoisotopic (exact) mass is 398 g/mol. The lowest BCUT2D eigenvalue weighted by Crippen LogP contribution is -2.55. The van der Waals surface area contributed by atoms with Crippen molar-refractivity contribution in [1.29, 1.82) is 0 Å². The number of amides is 2. The maximum Gasteiger partial charge on any atom is 0.256 e. The molecule has 1 aromatic carbocycles. The van der Waals surface area contributed by atoms with E-state index in [0.29, 0.717) is 33.7 Å². The molecule has 0 radical (unpaired) electrons. The molecule has 3 heterocycles. The molecule has 4 nitrogen and oxygen atoms in total. The number of rotatable bonds is 1. The van der Waals surface area contributed by atoms with Gasteiger partial charge in [-0.2, -0.15) is 0 Å². The molecule has 1 atom stereocenters. The van der Waals surface area contributed by atoms with Crippen molar-refractivity contribution in [3.8, 4) is 0 Å². The van der Waals surface area contributed by atoms with E-state index in [9.17, 15) is 14.0 Å². The first kappa shape index (κ1) is 16.8. The molecule has 0 saturated carbocycles. The number of hydrogen-bond acceptors (Lipinski definition) is 3. The van der Waals surface area contributed by atoms with Crippen LogP contribution in [0.3, 0.4) is 0 Å². The molecular formula is C17H13Cl2FN2O2S. The fourth-order valence-electron chi connectivity index (χ4n) is 3.50. The van der Waals surface area contributed by atoms with Gasteiger partial charge in [-0.15, -0.1) is 11.3 Å². The number of thiophene rings is 1. The van der Waals surface area contributed by atoms with E-state index in [0.717, 1.165) is 22.5 Å². The van der Waals surface area contributed by atoms with Gasteiger partial charge in [-0.05, 0) is 35.7 Å². The number of fused-ring (bicyclic) bond motifs is 3. The Balaban J connectivity index is 1.67. The minimum Gasteiger partial charge on any atom is -0.332 e. The van der Waals surface area contributed by atoms with E-state index in [2.05, 4.69) is 0 Å². The number of nitrogens with zero attached hydrogens (tertiary/aromatic N) is 2. The first-order valence-electron chi connectivity index (χ1n) is 7.76. The van der Waals surface area contributed by atoms with E-state index in [4.69, 9.17) is 23.2 Å². The lowest BCUT2D eigenvalue weighted by molar-refractivity contribution is -0.139. The van der Waals surface area contributed by atoms with Crippen LogP contribution in [0.15, 0.2) is 24.3 Å². The van der Waals surface area contributed by atoms with Crippen LogP contribution in [-0.2, 0) is 11.2 Å². The Kier molecular flexibility index (Phi) is 4.22. The Morgan fingerprint density at radius 3 is 2.80 bits per heavy atom. The van der Waals surface area contributed by atoms with Gasteiger partial charge in [-0.1, -0.05) is 29.3 Å². The Bertz CT molecular complexity index is 886. The summed E-state index contributed by atoms with van der Waals surface area (Å²) in [6.45, 7) is 0.879. The van der Waals surface area contributed by atoms with Gasteiger partial charge in [-0.25, -0.2) is 4.39 Å². The molecule has 25 heavy (non-hydrogen) atoms. The fraction of sp³-hybridized carbons (Fsp3) is 0.294. The first-order valence-corrected chi connectivity index (χ1v) is 9.33. The molecule has 1 saturated heterocycles. The normalized spacial score (nSPS) is 19.6. The molecule has 4 rings (SSSR count). The van der Waals surface area contributed by atoms with Crippen molar-refractivity contribution < 1.29 is 14.0 Å². The van der Waals surface area contributed by atoms with Crippen LogP contribution in [-0.4, -0.2) is 41.2 Å². The summed E-state index contributed by atoms with van der Waals surface area (Å²) in [7, 11) is 0. The molecule has 2 aromatic rings. The molecule has 1 fully saturated rings. The quantitative estimate of drug-likeness (QED) is 0.733. The number of hydrogen-bond donors (Lipinski definition) is 0. The number of halogens is 3. The van der Waals surface area contributed by atoms with Gasteiger partial charge in [0.1, 0.15) is 16.7 Å². The summed E-state index contributed by atoms with van der Waals surface area (Å²) in [4.78, 5) is 28.5. The highest BCUT2D eigenvalue weighted by molar-refractivity contribution is 7.20. The molecule has 2 aliphatic rings. The van der Waals surface area contributed by atoms with Gasteiger partial charge in [-0.3, -0.25) is 9.59 Å². The van der Waals surface area contributed by atoms with E-state index in [-0.39, 0.29) is 30.2 Å². The van der Waals surface area contributed by atoms with Crippen molar-refractivity contribution >= 4 is 46.4 Å². The summed E-state index contributed by atoms with van der Waals surface area (Å²) >= 11 is 13.1. The van der Waals surface area contributed by atoms with E-state index >= 15 is 0 Å². The lowest BCUT2D eigenvalue weighted by atomic mass is 9.90. The van der Waals surface area contributed by atoms with Gasteiger partial charge in [0, 0.05) is 13.1 Å². The van der Waals surface area contributed by atoms with Crippen molar-refractivity contribution in [2.45, 2.75) is 12.5 Å². The standard InChI is InChI=1S/C17H13Cl2FN2O2S/c18-14-6-12(16(19)25-14)17(24)21-7-13-11-5-10(20)2-1-9(11)3-4-22(13)15(23)8-21/h1-2,5-6,13H,3-4,7-8H2. The third-order valence-corrected chi connectivity index (χ3v) is 6.17. The summed E-state index contributed by atoms with van der Waals surface area (Å²) in [5.41, 5.74) is 2.08. The summed E-state index contributed by atoms with van der Waals surface area (Å²) in [5, 5.41) is 0. The van der Waals surface area contributed by atoms with Crippen LogP contribution in [0, 0.1) is 5.82 Å². The molecule has 1 aromatic heterocycles. The fourth-order valence-corrected chi connectivity index (χ4v) is 4.95. The van der Waals surface area contributed by atoms with Gasteiger partial charge in [0.25, 0.3) is 5.91 Å². The van der Waals surface area contributed by atoms with Gasteiger partial charge >= 0.3 is 0 Å². The third kappa shape index (κ3) is 2.92. The zero-order valence-corrected chi connectivity index (χ0v) is 15.3. The van der Waals surface area contributed by atoms with E-state index in [1.54, 1.807) is 11.0 Å². The summed E-state index contributed by atoms with van der Waals surface area (Å²) < 4.78 is 14.4. The Hall–Kier alpha value is -1.63. The Morgan fingerprint density at radius 2 is 2.08 bits per heavy atom. The van der Waals surface area contributed by atoms with E-state index < -0.39 is 0 Å². The van der Waals surface area contributed by atoms with Crippen molar-refractivity contribution in [3.05, 3.63) is 55.4 Å². The van der Waals surface area contributed by atoms with Crippen LogP contribution in [0.1, 0.15) is 27.5 Å². The predicted octanol–water partition coefficient (Wildman–Crippen LogP) is 3.78. The van der Waals surface area contributed by atoms with E-state index in [1.807, 2.05) is 0 Å². The average Bonchev–Trinajstić information content (AvgIpc) is 2.92. The second-order valence-electron chi connectivity index (χ2n) is 6.12. The number of benzene rings is 1. The molecule has 0 bridgehead atoms. The minimum atomic E-state index is -0.343. The van der Waals surface area contributed by atoms with E-state index in [1.165, 1.54) is 23.1 Å². The smallest absolute Gasteiger partial charge is 0.256 e. The number of piperazine rings is 1. The largest absolute Gasteiger partial charge is 0.332 e. The summed E-state index contributed by atoms with van der Waals surface area (Å²) in [6.07, 6.45) is 0.692. The maximum atomic E-state index is 13.7. The molecule has 2 aliphatic heterocycles. The summed E-state index contributed by atoms with van der Waals surface area (Å²) in [6, 6.07) is 5.82. The molecule has 2 amide bonds. The van der Waals surface area contributed by atoms with Gasteiger partial charge < -0.3 is 9.80 Å². The zero-order valence-electron chi connectivity index (χ0n) is 13.0. The number of carbonyl (C=O) groups excluding carboxylic acids is 2. The molecule has 0 N–H and O–H groups in total. The molecule has 0 aliphatic carbocycles. The second-order valence-corrected chi connectivity index (χ2v) is 8.41. The van der Waals surface area contributed by atoms with Crippen LogP contribution < -0.4 is 0 Å². The zero-order chi connectivity index (χ0) is 17.7. The van der Waals surface area contributed by atoms with Crippen LogP contribution in [0.2, 0.25) is 8.67 Å². The SMILES string of the molecule is O=C(c1cc(Cl)sc1Cl)N1CC(=O)N2CCc3ccc(F)cc3C2C1. The molecular weight excluding hydrogens is 386 g/mol. The van der Waals surface area contributed by atoms with Crippen molar-refractivity contribution in [3.63, 3.8) is 0 Å². The molecule has 130 valence electrons. The van der Waals surface area contributed by atoms with Crippen LogP contribution >= 0.6 is 34.5 Å². The highest BCUT2D eigenvalue weighted by atomic mass is 35.5. The van der Waals surface area contributed by atoms with Gasteiger partial charge in [0.15, 0.2) is 0 Å². The highest BCUT2D eigenvalue weighted by Gasteiger charge is 2.39. The maximum absolute atomic E-state index is 13.7. The topological polar surface area (TPSA) is 40.6 Å². The average molecular weight is 399 g/mol. The molecule has 0 spiro atoms. The third-order valence-electron chi connectivity index (χ3n) is 4.68. The van der Waals surface area contributed by atoms with Crippen LogP contribution in [0.25, 0.3) is 0 Å². The van der Waals surface area contributed by atoms with Gasteiger partial charge in [0.2, 0.25) is 5.91 Å². The van der Waals surface area contributed by atoms with Crippen molar-refractivity contribution in [1.82, 2.24) is 9.80 Å². The predicted molar refractivity (Wildman–Crippen MR) is 94.8 cm³/mol. The van der Waals surface area contributed by atoms with Crippen molar-refractivity contribution in [2.24, 2.45) is 0 Å². The molecule has 8 heteroatoms. The summed E-state index contributed by atoms with van der Waals surface area (Å²) in [5.74, 6) is -0.814. The number of carbonyl (C=O) groups is 2. The first-order chi connectivity index (χ1) is 11.9. The van der Waals surface area contributed by atoms with Crippen molar-refractivity contribution in [2.75, 3.05) is 19.6 Å².